The van der Waals surface area contributed by atoms with Gasteiger partial charge in [-0.2, -0.15) is 0 Å². The lowest BCUT2D eigenvalue weighted by atomic mass is 9.94. The lowest BCUT2D eigenvalue weighted by molar-refractivity contribution is 0.629. The summed E-state index contributed by atoms with van der Waals surface area (Å²) in [6.45, 7) is 2.18. The molecule has 2 nitrogen and oxygen atoms in total. The first-order valence-corrected chi connectivity index (χ1v) is 23.1. The predicted octanol–water partition coefficient (Wildman–Crippen LogP) is 16.4. The minimum Gasteiger partial charge on any atom is -0.278 e. The van der Waals surface area contributed by atoms with E-state index in [4.69, 9.17) is 9.98 Å². The zero-order valence-electron chi connectivity index (χ0n) is 35.6. The molecule has 0 bridgehead atoms. The van der Waals surface area contributed by atoms with Gasteiger partial charge in [0, 0.05) is 37.7 Å². The molecule has 0 aliphatic heterocycles. The van der Waals surface area contributed by atoms with E-state index >= 15 is 0 Å². The normalized spacial score (nSPS) is 16.2. The Morgan fingerprint density at radius 1 is 0.547 bits per heavy atom. The quantitative estimate of drug-likeness (QED) is 0.133. The number of pyridine rings is 1. The van der Waals surface area contributed by atoms with E-state index in [1.54, 1.807) is 0 Å². The Morgan fingerprint density at radius 2 is 1.14 bits per heavy atom. The highest BCUT2D eigenvalue weighted by molar-refractivity contribution is 7.26. The van der Waals surface area contributed by atoms with Gasteiger partial charge >= 0.3 is 0 Å². The fourth-order valence-electron chi connectivity index (χ4n) is 9.97. The monoisotopic (exact) mass is 836 g/mol. The van der Waals surface area contributed by atoms with Crippen molar-refractivity contribution in [1.82, 2.24) is 4.98 Å². The molecule has 304 valence electrons. The Balaban J connectivity index is 0.939. The molecule has 0 radical (unpaired) electrons. The van der Waals surface area contributed by atoms with Crippen molar-refractivity contribution in [2.45, 2.75) is 25.3 Å². The van der Waals surface area contributed by atoms with Gasteiger partial charge in [0.25, 0.3) is 0 Å². The Morgan fingerprint density at radius 3 is 1.88 bits per heavy atom. The minimum atomic E-state index is -0.319. The molecule has 2 heterocycles. The van der Waals surface area contributed by atoms with Crippen LogP contribution in [0.25, 0.3) is 86.5 Å². The molecular formula is C61H44N2S. The van der Waals surface area contributed by atoms with Gasteiger partial charge in [0.15, 0.2) is 0 Å². The molecule has 0 N–H and O–H groups in total. The van der Waals surface area contributed by atoms with E-state index in [-0.39, 0.29) is 5.54 Å². The van der Waals surface area contributed by atoms with Crippen molar-refractivity contribution in [1.29, 1.82) is 0 Å². The number of thiophene rings is 1. The van der Waals surface area contributed by atoms with Gasteiger partial charge in [0.1, 0.15) is 0 Å². The third-order valence-corrected chi connectivity index (χ3v) is 14.6. The molecule has 64 heavy (non-hydrogen) atoms. The molecule has 11 aromatic rings. The van der Waals surface area contributed by atoms with E-state index < -0.39 is 0 Å². The van der Waals surface area contributed by atoms with Crippen LogP contribution in [0.1, 0.15) is 30.0 Å². The maximum absolute atomic E-state index is 5.69. The van der Waals surface area contributed by atoms with Gasteiger partial charge in [0.2, 0.25) is 0 Å². The molecule has 9 aromatic carbocycles. The molecule has 1 fully saturated rings. The van der Waals surface area contributed by atoms with Crippen LogP contribution in [0.4, 0.5) is 0 Å². The van der Waals surface area contributed by atoms with Crippen molar-refractivity contribution >= 4 is 58.9 Å². The van der Waals surface area contributed by atoms with Crippen LogP contribution in [0.3, 0.4) is 0 Å². The van der Waals surface area contributed by atoms with Crippen LogP contribution in [0.2, 0.25) is 0 Å². The number of nitrogens with zero attached hydrogens (tertiary/aromatic N) is 2. The standard InChI is InChI=1S/C61H44N2S/c1-40(42-27-29-47(30-28-42)44-15-6-3-7-16-44)63-61(39-52(61)37-41-23-25-46(26-24-41)43-13-4-2-5-14-43)51-35-33-48(34-36-51)53-20-12-21-55-57-54-19-10-11-22-56(54)64-60(57)58(62-59(53)55)50-32-31-45-17-8-9-18-49(45)38-50/h2-36,38,52H,37,39H2,1H3. The van der Waals surface area contributed by atoms with Crippen LogP contribution in [-0.2, 0) is 12.0 Å². The summed E-state index contributed by atoms with van der Waals surface area (Å²) in [4.78, 5) is 11.3. The van der Waals surface area contributed by atoms with E-state index in [0.29, 0.717) is 5.92 Å². The van der Waals surface area contributed by atoms with E-state index in [1.807, 2.05) is 11.3 Å². The number of fused-ring (bicyclic) bond motifs is 6. The van der Waals surface area contributed by atoms with E-state index in [9.17, 15) is 0 Å². The first-order chi connectivity index (χ1) is 31.6. The Hall–Kier alpha value is -7.46. The molecule has 3 heteroatoms. The number of para-hydroxylation sites is 1. The molecule has 2 unspecified atom stereocenters. The summed E-state index contributed by atoms with van der Waals surface area (Å²) in [6, 6.07) is 79.4. The third-order valence-electron chi connectivity index (χ3n) is 13.5. The summed E-state index contributed by atoms with van der Waals surface area (Å²) in [6.07, 6.45) is 1.97. The van der Waals surface area contributed by atoms with Crippen molar-refractivity contribution in [2.24, 2.45) is 10.9 Å². The highest BCUT2D eigenvalue weighted by atomic mass is 32.1. The van der Waals surface area contributed by atoms with Crippen LogP contribution in [-0.4, -0.2) is 10.7 Å². The number of aromatic nitrogens is 1. The topological polar surface area (TPSA) is 25.2 Å². The van der Waals surface area contributed by atoms with Crippen LogP contribution < -0.4 is 0 Å². The predicted molar refractivity (Wildman–Crippen MR) is 272 cm³/mol. The van der Waals surface area contributed by atoms with Gasteiger partial charge in [0.05, 0.1) is 21.4 Å². The van der Waals surface area contributed by atoms with Crippen LogP contribution in [0.5, 0.6) is 0 Å². The summed E-state index contributed by atoms with van der Waals surface area (Å²) < 4.78 is 2.51. The molecule has 2 atom stereocenters. The number of hydrogen-bond donors (Lipinski definition) is 0. The second kappa shape index (κ2) is 15.7. The summed E-state index contributed by atoms with van der Waals surface area (Å²) in [5.74, 6) is 0.378. The lowest BCUT2D eigenvalue weighted by Gasteiger charge is -2.17. The van der Waals surface area contributed by atoms with Crippen molar-refractivity contribution < 1.29 is 0 Å². The van der Waals surface area contributed by atoms with Crippen molar-refractivity contribution in [3.63, 3.8) is 0 Å². The second-order valence-corrected chi connectivity index (χ2v) is 18.4. The van der Waals surface area contributed by atoms with Gasteiger partial charge in [-0.05, 0) is 93.1 Å². The molecule has 0 saturated heterocycles. The Bertz CT molecular complexity index is 3530. The van der Waals surface area contributed by atoms with E-state index in [1.165, 1.54) is 69.7 Å². The van der Waals surface area contributed by atoms with Crippen molar-refractivity contribution in [3.05, 3.63) is 235 Å². The van der Waals surface area contributed by atoms with Gasteiger partial charge in [-0.3, -0.25) is 4.99 Å². The van der Waals surface area contributed by atoms with Gasteiger partial charge in [-0.25, -0.2) is 4.98 Å². The fourth-order valence-corrected chi connectivity index (χ4v) is 11.2. The Kier molecular flexibility index (Phi) is 9.39. The summed E-state index contributed by atoms with van der Waals surface area (Å²) in [5, 5.41) is 6.21. The maximum atomic E-state index is 5.69. The molecule has 12 rings (SSSR count). The molecular weight excluding hydrogens is 793 g/mol. The molecule has 2 aromatic heterocycles. The number of rotatable bonds is 9. The number of benzene rings is 9. The van der Waals surface area contributed by atoms with E-state index in [0.717, 1.165) is 52.0 Å². The zero-order chi connectivity index (χ0) is 42.6. The first kappa shape index (κ1) is 38.2. The molecule has 0 amide bonds. The number of aliphatic imine (C=N–C) groups is 1. The highest BCUT2D eigenvalue weighted by Gasteiger charge is 2.55. The van der Waals surface area contributed by atoms with Gasteiger partial charge < -0.3 is 0 Å². The Labute approximate surface area is 377 Å². The molecule has 0 spiro atoms. The zero-order valence-corrected chi connectivity index (χ0v) is 36.4. The lowest BCUT2D eigenvalue weighted by Crippen LogP contribution is -2.12. The van der Waals surface area contributed by atoms with Gasteiger partial charge in [-0.15, -0.1) is 11.3 Å². The van der Waals surface area contributed by atoms with Crippen LogP contribution in [0.15, 0.2) is 223 Å². The van der Waals surface area contributed by atoms with Crippen LogP contribution >= 0.6 is 11.3 Å². The van der Waals surface area contributed by atoms with Gasteiger partial charge in [-0.1, -0.05) is 206 Å². The highest BCUT2D eigenvalue weighted by Crippen LogP contribution is 2.57. The summed E-state index contributed by atoms with van der Waals surface area (Å²) in [5.41, 5.74) is 14.9. The first-order valence-electron chi connectivity index (χ1n) is 22.3. The largest absolute Gasteiger partial charge is 0.278 e. The average Bonchev–Trinajstić information content (AvgIpc) is 3.90. The minimum absolute atomic E-state index is 0.319. The van der Waals surface area contributed by atoms with Crippen molar-refractivity contribution in [2.75, 3.05) is 0 Å². The van der Waals surface area contributed by atoms with Crippen LogP contribution in [0, 0.1) is 5.92 Å². The number of hydrogen-bond acceptors (Lipinski definition) is 3. The third kappa shape index (κ3) is 6.81. The summed E-state index contributed by atoms with van der Waals surface area (Å²) >= 11 is 1.84. The SMILES string of the molecule is CC(=NC1(c2ccc(-c3cccc4c3nc(-c3ccc5ccccc5c3)c3sc5ccccc5c34)cc2)CC1Cc1ccc(-c2ccccc2)cc1)c1ccc(-c2ccccc2)cc1. The average molecular weight is 837 g/mol. The molecule has 1 aliphatic carbocycles. The van der Waals surface area contributed by atoms with E-state index in [2.05, 4.69) is 225 Å². The smallest absolute Gasteiger partial charge is 0.0895 e. The maximum Gasteiger partial charge on any atom is 0.0895 e. The van der Waals surface area contributed by atoms with Crippen molar-refractivity contribution in [3.8, 4) is 44.6 Å². The summed E-state index contributed by atoms with van der Waals surface area (Å²) in [7, 11) is 0. The molecule has 1 saturated carbocycles. The molecule has 1 aliphatic rings. The second-order valence-electron chi connectivity index (χ2n) is 17.3. The fraction of sp³-hybridized carbons (Fsp3) is 0.0820.